The third-order valence-electron chi connectivity index (χ3n) is 4.79. The number of hydrogen-bond donors (Lipinski definition) is 1. The Morgan fingerprint density at radius 1 is 1.19 bits per heavy atom. The number of esters is 1. The number of carbonyl (C=O) groups is 3. The summed E-state index contributed by atoms with van der Waals surface area (Å²) in [7, 11) is 1.48. The molecule has 27 heavy (non-hydrogen) atoms. The van der Waals surface area contributed by atoms with Crippen LogP contribution in [0.25, 0.3) is 10.8 Å². The Morgan fingerprint density at radius 2 is 1.89 bits per heavy atom. The molecule has 0 radical (unpaired) electrons. The van der Waals surface area contributed by atoms with Crippen LogP contribution in [-0.4, -0.2) is 49.5 Å². The lowest BCUT2D eigenvalue weighted by atomic mass is 9.97. The summed E-state index contributed by atoms with van der Waals surface area (Å²) in [4.78, 5) is 37.7. The second kappa shape index (κ2) is 8.07. The molecule has 0 saturated carbocycles. The molecule has 142 valence electrons. The number of fused-ring (bicyclic) bond motifs is 1. The summed E-state index contributed by atoms with van der Waals surface area (Å²) in [6, 6.07) is 11.0. The zero-order valence-corrected chi connectivity index (χ0v) is 15.1. The van der Waals surface area contributed by atoms with E-state index in [0.29, 0.717) is 25.1 Å². The fourth-order valence-electron chi connectivity index (χ4n) is 3.28. The monoisotopic (exact) mass is 370 g/mol. The Morgan fingerprint density at radius 3 is 2.56 bits per heavy atom. The van der Waals surface area contributed by atoms with Crippen LogP contribution in [0.1, 0.15) is 23.2 Å². The first kappa shape index (κ1) is 18.7. The van der Waals surface area contributed by atoms with Gasteiger partial charge in [-0.1, -0.05) is 24.3 Å². The third kappa shape index (κ3) is 4.19. The van der Waals surface area contributed by atoms with E-state index in [9.17, 15) is 14.4 Å². The number of ether oxygens (including phenoxy) is 2. The second-order valence-electron chi connectivity index (χ2n) is 6.56. The van der Waals surface area contributed by atoms with Gasteiger partial charge in [0.1, 0.15) is 11.3 Å². The summed E-state index contributed by atoms with van der Waals surface area (Å²) in [6.45, 7) is 0.408. The SMILES string of the molecule is COc1cc2ccccc2cc1C(=O)OCC(=O)N1CCC[C@H](C(N)=O)C1. The van der Waals surface area contributed by atoms with Crippen molar-refractivity contribution in [2.24, 2.45) is 11.7 Å². The van der Waals surface area contributed by atoms with Crippen molar-refractivity contribution in [1.29, 1.82) is 0 Å². The number of amides is 2. The van der Waals surface area contributed by atoms with Gasteiger partial charge in [-0.15, -0.1) is 0 Å². The molecular formula is C20H22N2O5. The first-order chi connectivity index (χ1) is 13.0. The summed E-state index contributed by atoms with van der Waals surface area (Å²) in [5, 5.41) is 1.81. The van der Waals surface area contributed by atoms with Crippen molar-refractivity contribution >= 4 is 28.6 Å². The molecule has 2 aromatic rings. The number of hydrogen-bond acceptors (Lipinski definition) is 5. The van der Waals surface area contributed by atoms with Gasteiger partial charge in [0.05, 0.1) is 13.0 Å². The topological polar surface area (TPSA) is 98.9 Å². The van der Waals surface area contributed by atoms with E-state index < -0.39 is 11.9 Å². The first-order valence-corrected chi connectivity index (χ1v) is 8.80. The van der Waals surface area contributed by atoms with Crippen molar-refractivity contribution in [3.63, 3.8) is 0 Å². The zero-order chi connectivity index (χ0) is 19.4. The lowest BCUT2D eigenvalue weighted by Crippen LogP contribution is -2.45. The molecule has 1 aliphatic rings. The van der Waals surface area contributed by atoms with Gasteiger partial charge in [0.2, 0.25) is 5.91 Å². The maximum absolute atomic E-state index is 12.5. The van der Waals surface area contributed by atoms with E-state index in [0.717, 1.165) is 10.8 Å². The van der Waals surface area contributed by atoms with Crippen LogP contribution >= 0.6 is 0 Å². The second-order valence-corrected chi connectivity index (χ2v) is 6.56. The number of methoxy groups -OCH3 is 1. The van der Waals surface area contributed by atoms with Crippen molar-refractivity contribution in [2.45, 2.75) is 12.8 Å². The summed E-state index contributed by atoms with van der Waals surface area (Å²) in [5.74, 6) is -1.34. The van der Waals surface area contributed by atoms with E-state index in [2.05, 4.69) is 0 Å². The van der Waals surface area contributed by atoms with Gasteiger partial charge in [-0.05, 0) is 35.7 Å². The Kier molecular flexibility index (Phi) is 5.59. The van der Waals surface area contributed by atoms with Crippen LogP contribution in [0.5, 0.6) is 5.75 Å². The smallest absolute Gasteiger partial charge is 0.342 e. The highest BCUT2D eigenvalue weighted by Crippen LogP contribution is 2.26. The van der Waals surface area contributed by atoms with Crippen molar-refractivity contribution in [3.8, 4) is 5.75 Å². The number of nitrogens with two attached hydrogens (primary N) is 1. The van der Waals surface area contributed by atoms with Crippen LogP contribution in [0.15, 0.2) is 36.4 Å². The molecular weight excluding hydrogens is 348 g/mol. The number of piperidine rings is 1. The molecule has 0 bridgehead atoms. The zero-order valence-electron chi connectivity index (χ0n) is 15.1. The van der Waals surface area contributed by atoms with Crippen LogP contribution in [0.4, 0.5) is 0 Å². The molecule has 7 nitrogen and oxygen atoms in total. The lowest BCUT2D eigenvalue weighted by Gasteiger charge is -2.31. The molecule has 1 aliphatic heterocycles. The highest BCUT2D eigenvalue weighted by Gasteiger charge is 2.27. The van der Waals surface area contributed by atoms with Crippen molar-refractivity contribution in [3.05, 3.63) is 42.0 Å². The average Bonchev–Trinajstić information content (AvgIpc) is 2.70. The molecule has 1 atom stereocenters. The molecule has 2 amide bonds. The highest BCUT2D eigenvalue weighted by molar-refractivity contribution is 5.99. The lowest BCUT2D eigenvalue weighted by molar-refractivity contribution is -0.137. The van der Waals surface area contributed by atoms with Gasteiger partial charge >= 0.3 is 5.97 Å². The van der Waals surface area contributed by atoms with Crippen molar-refractivity contribution in [1.82, 2.24) is 4.90 Å². The Bertz CT molecular complexity index is 880. The minimum Gasteiger partial charge on any atom is -0.496 e. The largest absolute Gasteiger partial charge is 0.496 e. The average molecular weight is 370 g/mol. The quantitative estimate of drug-likeness (QED) is 0.808. The van der Waals surface area contributed by atoms with Gasteiger partial charge in [-0.3, -0.25) is 9.59 Å². The summed E-state index contributed by atoms with van der Waals surface area (Å²) < 4.78 is 10.5. The summed E-state index contributed by atoms with van der Waals surface area (Å²) >= 11 is 0. The predicted octanol–water partition coefficient (Wildman–Crippen LogP) is 1.73. The van der Waals surface area contributed by atoms with E-state index in [1.165, 1.54) is 12.0 Å². The number of benzene rings is 2. The van der Waals surface area contributed by atoms with E-state index >= 15 is 0 Å². The van der Waals surface area contributed by atoms with Gasteiger partial charge in [0.25, 0.3) is 5.91 Å². The van der Waals surface area contributed by atoms with E-state index in [-0.39, 0.29) is 30.5 Å². The van der Waals surface area contributed by atoms with E-state index in [1.54, 1.807) is 12.1 Å². The Hall–Kier alpha value is -3.09. The molecule has 1 heterocycles. The van der Waals surface area contributed by atoms with E-state index in [1.807, 2.05) is 24.3 Å². The van der Waals surface area contributed by atoms with Crippen LogP contribution in [0, 0.1) is 5.92 Å². The molecule has 3 rings (SSSR count). The van der Waals surface area contributed by atoms with Gasteiger partial charge in [-0.2, -0.15) is 0 Å². The van der Waals surface area contributed by atoms with Gasteiger partial charge in [0, 0.05) is 13.1 Å². The molecule has 7 heteroatoms. The molecule has 2 aromatic carbocycles. The minimum atomic E-state index is -0.630. The van der Waals surface area contributed by atoms with Crippen molar-refractivity contribution in [2.75, 3.05) is 26.8 Å². The van der Waals surface area contributed by atoms with Crippen LogP contribution in [0.3, 0.4) is 0 Å². The Labute approximate surface area is 157 Å². The van der Waals surface area contributed by atoms with Crippen LogP contribution < -0.4 is 10.5 Å². The first-order valence-electron chi connectivity index (χ1n) is 8.80. The van der Waals surface area contributed by atoms with Gasteiger partial charge in [-0.25, -0.2) is 4.79 Å². The highest BCUT2D eigenvalue weighted by atomic mass is 16.5. The normalized spacial score (nSPS) is 16.8. The fourth-order valence-corrected chi connectivity index (χ4v) is 3.28. The molecule has 1 fully saturated rings. The maximum atomic E-state index is 12.5. The van der Waals surface area contributed by atoms with Crippen LogP contribution in [0.2, 0.25) is 0 Å². The third-order valence-corrected chi connectivity index (χ3v) is 4.79. The number of carbonyl (C=O) groups excluding carboxylic acids is 3. The number of nitrogens with zero attached hydrogens (tertiary/aromatic N) is 1. The van der Waals surface area contributed by atoms with Gasteiger partial charge < -0.3 is 20.1 Å². The van der Waals surface area contributed by atoms with E-state index in [4.69, 9.17) is 15.2 Å². The van der Waals surface area contributed by atoms with Crippen molar-refractivity contribution < 1.29 is 23.9 Å². The Balaban J connectivity index is 1.67. The molecule has 0 aliphatic carbocycles. The molecule has 0 spiro atoms. The molecule has 1 saturated heterocycles. The predicted molar refractivity (Wildman–Crippen MR) is 99.3 cm³/mol. The molecule has 0 unspecified atom stereocenters. The minimum absolute atomic E-state index is 0.262. The number of likely N-dealkylation sites (tertiary alicyclic amines) is 1. The maximum Gasteiger partial charge on any atom is 0.342 e. The molecule has 2 N–H and O–H groups in total. The summed E-state index contributed by atoms with van der Waals surface area (Å²) in [6.07, 6.45) is 1.37. The fraction of sp³-hybridized carbons (Fsp3) is 0.350. The number of rotatable bonds is 5. The number of primary amides is 1. The van der Waals surface area contributed by atoms with Crippen LogP contribution in [-0.2, 0) is 14.3 Å². The summed E-state index contributed by atoms with van der Waals surface area (Å²) in [5.41, 5.74) is 5.59. The van der Waals surface area contributed by atoms with Gasteiger partial charge in [0.15, 0.2) is 6.61 Å². The standard InChI is InChI=1S/C20H22N2O5/c1-26-17-10-14-6-3-2-5-13(14)9-16(17)20(25)27-12-18(23)22-8-4-7-15(11-22)19(21)24/h2-3,5-6,9-10,15H,4,7-8,11-12H2,1H3,(H2,21,24)/t15-/m0/s1. The molecule has 0 aromatic heterocycles.